The molecule has 4 atom stereocenters. The van der Waals surface area contributed by atoms with Crippen molar-refractivity contribution in [3.05, 3.63) is 30.2 Å². The van der Waals surface area contributed by atoms with Crippen molar-refractivity contribution in [3.63, 3.8) is 0 Å². The van der Waals surface area contributed by atoms with Gasteiger partial charge in [-0.3, -0.25) is 0 Å². The SMILES string of the molecule is CN(c1cnc(-c2ccc(-c3nc(C#N)n(C)n3)cc2O)nn1)[C@H]1C[C@]2(C)CCC[C@@](C)(N2)[C@H]1F. The third-order valence-electron chi connectivity index (χ3n) is 7.39. The van der Waals surface area contributed by atoms with E-state index in [1.165, 1.54) is 10.7 Å². The minimum absolute atomic E-state index is 0.0628. The van der Waals surface area contributed by atoms with Gasteiger partial charge in [-0.1, -0.05) is 6.07 Å². The summed E-state index contributed by atoms with van der Waals surface area (Å²) in [5.41, 5.74) is 0.278. The van der Waals surface area contributed by atoms with E-state index in [2.05, 4.69) is 37.5 Å². The molecule has 0 amide bonds. The van der Waals surface area contributed by atoms with E-state index in [4.69, 9.17) is 5.26 Å². The Balaban J connectivity index is 1.37. The molecule has 0 unspecified atom stereocenters. The smallest absolute Gasteiger partial charge is 0.231 e. The number of phenols is 1. The number of nitriles is 1. The number of alkyl halides is 1. The van der Waals surface area contributed by atoms with Crippen molar-refractivity contribution < 1.29 is 9.50 Å². The molecule has 2 aliphatic heterocycles. The second-order valence-corrected chi connectivity index (χ2v) is 10.1. The number of aromatic nitrogens is 6. The summed E-state index contributed by atoms with van der Waals surface area (Å²) < 4.78 is 17.0. The third kappa shape index (κ3) is 3.97. The number of halogens is 1. The fourth-order valence-electron chi connectivity index (χ4n) is 5.53. The minimum Gasteiger partial charge on any atom is -0.507 e. The van der Waals surface area contributed by atoms with Crippen molar-refractivity contribution in [1.82, 2.24) is 35.3 Å². The molecule has 0 spiro atoms. The maximum absolute atomic E-state index is 15.6. The first-order chi connectivity index (χ1) is 16.6. The predicted molar refractivity (Wildman–Crippen MR) is 127 cm³/mol. The number of fused-ring (bicyclic) bond motifs is 2. The second-order valence-electron chi connectivity index (χ2n) is 10.1. The Labute approximate surface area is 202 Å². The molecule has 2 aromatic heterocycles. The van der Waals surface area contributed by atoms with E-state index < -0.39 is 11.7 Å². The lowest BCUT2D eigenvalue weighted by atomic mass is 9.68. The van der Waals surface area contributed by atoms with Gasteiger partial charge in [0.05, 0.1) is 17.8 Å². The maximum Gasteiger partial charge on any atom is 0.231 e. The first-order valence-electron chi connectivity index (χ1n) is 11.6. The quantitative estimate of drug-likeness (QED) is 0.583. The van der Waals surface area contributed by atoms with Crippen molar-refractivity contribution in [2.45, 2.75) is 62.8 Å². The molecule has 182 valence electrons. The summed E-state index contributed by atoms with van der Waals surface area (Å²) in [5, 5.41) is 35.9. The average molecular weight is 478 g/mol. The zero-order chi connectivity index (χ0) is 25.0. The fourth-order valence-corrected chi connectivity index (χ4v) is 5.53. The molecule has 2 N–H and O–H groups in total. The highest BCUT2D eigenvalue weighted by Crippen LogP contribution is 2.43. The lowest BCUT2D eigenvalue weighted by molar-refractivity contribution is 0.00193. The van der Waals surface area contributed by atoms with Crippen LogP contribution in [0.15, 0.2) is 24.4 Å². The Hall–Kier alpha value is -3.65. The van der Waals surface area contributed by atoms with Crippen LogP contribution in [0.3, 0.4) is 0 Å². The van der Waals surface area contributed by atoms with Gasteiger partial charge in [-0.15, -0.1) is 10.2 Å². The van der Waals surface area contributed by atoms with Gasteiger partial charge >= 0.3 is 0 Å². The maximum atomic E-state index is 15.6. The number of nitrogens with zero attached hydrogens (tertiary/aromatic N) is 8. The molecule has 0 aliphatic carbocycles. The minimum atomic E-state index is -1.05. The molecule has 35 heavy (non-hydrogen) atoms. The number of phenolic OH excluding ortho intramolecular Hbond substituents is 1. The number of rotatable bonds is 4. The summed E-state index contributed by atoms with van der Waals surface area (Å²) in [6.07, 6.45) is 4.01. The molecular formula is C24H28FN9O. The number of anilines is 1. The number of aryl methyl sites for hydroxylation is 1. The first-order valence-corrected chi connectivity index (χ1v) is 11.6. The molecule has 2 aliphatic rings. The lowest BCUT2D eigenvalue weighted by Crippen LogP contribution is -2.72. The molecule has 0 radical (unpaired) electrons. The number of piperidine rings is 2. The fraction of sp³-hybridized carbons (Fsp3) is 0.500. The summed E-state index contributed by atoms with van der Waals surface area (Å²) in [7, 11) is 3.46. The van der Waals surface area contributed by atoms with Crippen molar-refractivity contribution in [2.24, 2.45) is 7.05 Å². The molecule has 2 saturated heterocycles. The van der Waals surface area contributed by atoms with Crippen LogP contribution in [0.2, 0.25) is 0 Å². The lowest BCUT2D eigenvalue weighted by Gasteiger charge is -2.56. The average Bonchev–Trinajstić information content (AvgIpc) is 3.21. The summed E-state index contributed by atoms with van der Waals surface area (Å²) in [4.78, 5) is 10.4. The highest BCUT2D eigenvalue weighted by Gasteiger charge is 2.53. The molecule has 3 aromatic rings. The summed E-state index contributed by atoms with van der Waals surface area (Å²) in [6, 6.07) is 6.49. The number of hydrogen-bond donors (Lipinski definition) is 2. The van der Waals surface area contributed by atoms with Gasteiger partial charge in [0.15, 0.2) is 17.5 Å². The van der Waals surface area contributed by atoms with Gasteiger partial charge in [0.1, 0.15) is 18.0 Å². The van der Waals surface area contributed by atoms with E-state index >= 15 is 4.39 Å². The van der Waals surface area contributed by atoms with E-state index in [0.717, 1.165) is 19.3 Å². The Morgan fingerprint density at radius 3 is 2.71 bits per heavy atom. The highest BCUT2D eigenvalue weighted by molar-refractivity contribution is 5.70. The Bertz CT molecular complexity index is 1300. The van der Waals surface area contributed by atoms with Crippen LogP contribution in [0.1, 0.15) is 45.4 Å². The largest absolute Gasteiger partial charge is 0.507 e. The summed E-state index contributed by atoms with van der Waals surface area (Å²) >= 11 is 0. The third-order valence-corrected chi connectivity index (χ3v) is 7.39. The van der Waals surface area contributed by atoms with Crippen molar-refractivity contribution in [2.75, 3.05) is 11.9 Å². The van der Waals surface area contributed by atoms with E-state index in [1.54, 1.807) is 25.4 Å². The summed E-state index contributed by atoms with van der Waals surface area (Å²) in [5.74, 6) is 1.16. The number of aromatic hydroxyl groups is 1. The Morgan fingerprint density at radius 2 is 2.06 bits per heavy atom. The van der Waals surface area contributed by atoms with Crippen LogP contribution in [-0.4, -0.2) is 65.4 Å². The van der Waals surface area contributed by atoms with Gasteiger partial charge < -0.3 is 15.3 Å². The van der Waals surface area contributed by atoms with Crippen LogP contribution in [-0.2, 0) is 7.05 Å². The zero-order valence-corrected chi connectivity index (χ0v) is 20.2. The summed E-state index contributed by atoms with van der Waals surface area (Å²) in [6.45, 7) is 4.13. The van der Waals surface area contributed by atoms with E-state index in [-0.39, 0.29) is 29.0 Å². The van der Waals surface area contributed by atoms with Gasteiger partial charge in [0, 0.05) is 30.7 Å². The first kappa shape index (κ1) is 23.1. The molecule has 10 nitrogen and oxygen atoms in total. The molecule has 2 bridgehead atoms. The van der Waals surface area contributed by atoms with Crippen molar-refractivity contribution >= 4 is 5.82 Å². The highest BCUT2D eigenvalue weighted by atomic mass is 19.1. The molecule has 1 aromatic carbocycles. The van der Waals surface area contributed by atoms with E-state index in [9.17, 15) is 5.11 Å². The Kier molecular flexibility index (Phi) is 5.44. The normalized spacial score (nSPS) is 27.9. The van der Waals surface area contributed by atoms with Crippen LogP contribution in [0.4, 0.5) is 10.2 Å². The van der Waals surface area contributed by atoms with Crippen LogP contribution < -0.4 is 10.2 Å². The van der Waals surface area contributed by atoms with Crippen LogP contribution in [0.5, 0.6) is 5.75 Å². The number of nitrogens with one attached hydrogen (secondary N) is 1. The molecule has 4 heterocycles. The van der Waals surface area contributed by atoms with Crippen LogP contribution >= 0.6 is 0 Å². The predicted octanol–water partition coefficient (Wildman–Crippen LogP) is 2.75. The Morgan fingerprint density at radius 1 is 1.26 bits per heavy atom. The monoisotopic (exact) mass is 477 g/mol. The number of hydrogen-bond acceptors (Lipinski definition) is 9. The molecule has 0 saturated carbocycles. The van der Waals surface area contributed by atoms with Gasteiger partial charge in [0.25, 0.3) is 0 Å². The van der Waals surface area contributed by atoms with Crippen molar-refractivity contribution in [3.8, 4) is 34.6 Å². The molecule has 11 heteroatoms. The topological polar surface area (TPSA) is 129 Å². The van der Waals surface area contributed by atoms with E-state index in [1.807, 2.05) is 24.9 Å². The molecule has 2 fully saturated rings. The van der Waals surface area contributed by atoms with Gasteiger partial charge in [0.2, 0.25) is 5.82 Å². The van der Waals surface area contributed by atoms with E-state index in [0.29, 0.717) is 29.2 Å². The van der Waals surface area contributed by atoms with Crippen LogP contribution in [0, 0.1) is 11.3 Å². The van der Waals surface area contributed by atoms with Gasteiger partial charge in [-0.05, 0) is 51.7 Å². The van der Waals surface area contributed by atoms with Crippen LogP contribution in [0.25, 0.3) is 22.8 Å². The number of benzene rings is 1. The molecular weight excluding hydrogens is 449 g/mol. The zero-order valence-electron chi connectivity index (χ0n) is 20.2. The van der Waals surface area contributed by atoms with Crippen molar-refractivity contribution in [1.29, 1.82) is 5.26 Å². The molecule has 5 rings (SSSR count). The standard InChI is InChI=1S/C24H28FN9O/c1-23-8-5-9-24(2,32-23)20(25)16(11-23)33(3)19-13-27-22(30-29-19)15-7-6-14(10-17(15)35)21-28-18(12-26)34(4)31-21/h6-7,10,13,16,20,32,35H,5,8-9,11H2,1-4H3/t16-,20-,23-,24+/m0/s1. The van der Waals surface area contributed by atoms with Gasteiger partial charge in [-0.25, -0.2) is 14.1 Å². The van der Waals surface area contributed by atoms with Gasteiger partial charge in [-0.2, -0.15) is 15.3 Å². The second kappa shape index (κ2) is 8.23.